The number of methoxy groups -OCH3 is 1. The molecule has 0 amide bonds. The molecule has 5 rings (SSSR count). The number of imidazole rings is 1. The highest BCUT2D eigenvalue weighted by molar-refractivity contribution is 7.92. The van der Waals surface area contributed by atoms with Crippen molar-refractivity contribution >= 4 is 50.0 Å². The lowest BCUT2D eigenvalue weighted by Crippen LogP contribution is -2.29. The van der Waals surface area contributed by atoms with Gasteiger partial charge in [0.15, 0.2) is 17.0 Å². The number of anilines is 5. The van der Waals surface area contributed by atoms with E-state index in [-0.39, 0.29) is 12.1 Å². The number of aliphatic hydroxyl groups is 1. The van der Waals surface area contributed by atoms with Gasteiger partial charge in [0.25, 0.3) is 0 Å². The van der Waals surface area contributed by atoms with Crippen molar-refractivity contribution in [3.63, 3.8) is 0 Å². The second kappa shape index (κ2) is 11.1. The molecule has 11 nitrogen and oxygen atoms in total. The van der Waals surface area contributed by atoms with Crippen molar-refractivity contribution in [2.75, 3.05) is 28.3 Å². The summed E-state index contributed by atoms with van der Waals surface area (Å²) in [5, 5.41) is 16.6. The molecule has 1 aliphatic carbocycles. The molecule has 2 heterocycles. The zero-order valence-electron chi connectivity index (χ0n) is 22.2. The van der Waals surface area contributed by atoms with E-state index in [1.54, 1.807) is 62.0 Å². The Morgan fingerprint density at radius 2 is 1.67 bits per heavy atom. The second-order valence-corrected chi connectivity index (χ2v) is 11.5. The molecule has 3 N–H and O–H groups in total. The van der Waals surface area contributed by atoms with E-state index in [4.69, 9.17) is 14.7 Å². The van der Waals surface area contributed by atoms with Gasteiger partial charge in [-0.15, -0.1) is 0 Å². The summed E-state index contributed by atoms with van der Waals surface area (Å²) in [6.07, 6.45) is 5.89. The number of fused-ring (bicyclic) bond motifs is 1. The third-order valence-corrected chi connectivity index (χ3v) is 7.92. The number of hydrogen-bond donors (Lipinski definition) is 3. The van der Waals surface area contributed by atoms with Gasteiger partial charge in [0.1, 0.15) is 5.75 Å². The molecule has 0 radical (unpaired) electrons. The van der Waals surface area contributed by atoms with Crippen LogP contribution < -0.4 is 19.7 Å². The van der Waals surface area contributed by atoms with Gasteiger partial charge < -0.3 is 25.0 Å². The molecule has 2 aromatic heterocycles. The van der Waals surface area contributed by atoms with E-state index in [2.05, 4.69) is 15.6 Å². The Morgan fingerprint density at radius 3 is 2.26 bits per heavy atom. The molecule has 1 fully saturated rings. The first-order chi connectivity index (χ1) is 18.7. The van der Waals surface area contributed by atoms with E-state index >= 15 is 0 Å². The van der Waals surface area contributed by atoms with Crippen molar-refractivity contribution < 1.29 is 18.3 Å². The van der Waals surface area contributed by atoms with Gasteiger partial charge in [-0.2, -0.15) is 9.97 Å². The summed E-state index contributed by atoms with van der Waals surface area (Å²) in [6, 6.07) is 14.1. The fourth-order valence-electron chi connectivity index (χ4n) is 4.80. The zero-order valence-corrected chi connectivity index (χ0v) is 23.0. The van der Waals surface area contributed by atoms with E-state index < -0.39 is 10.0 Å². The van der Waals surface area contributed by atoms with Gasteiger partial charge in [0.05, 0.1) is 37.2 Å². The van der Waals surface area contributed by atoms with Crippen molar-refractivity contribution in [1.29, 1.82) is 0 Å². The van der Waals surface area contributed by atoms with E-state index in [1.807, 2.05) is 11.5 Å². The number of benzene rings is 2. The average molecular weight is 552 g/mol. The van der Waals surface area contributed by atoms with Gasteiger partial charge in [-0.05, 0) is 81.1 Å². The molecule has 1 aliphatic rings. The van der Waals surface area contributed by atoms with Crippen LogP contribution in [0.2, 0.25) is 0 Å². The van der Waals surface area contributed by atoms with Gasteiger partial charge in [0, 0.05) is 18.3 Å². The maximum Gasteiger partial charge on any atom is 0.236 e. The molecule has 2 aromatic carbocycles. The normalized spacial score (nSPS) is 17.6. The number of ether oxygens (including phenoxy) is 1. The average Bonchev–Trinajstić information content (AvgIpc) is 3.34. The molecule has 0 unspecified atom stereocenters. The maximum atomic E-state index is 12.7. The molecule has 0 saturated heterocycles. The standard InChI is InChI=1S/C27H33N7O4S/c1-4-33-17-28-24-25(31-27(32-26(24)33)30-19-7-13-22(35)14-8-19)29-18-5-9-20(10-6-18)34(39(3,36)37)21-11-15-23(38-2)16-12-21/h5-6,9-12,15-17,19,22,35H,4,7-8,13-14H2,1-3H3,(H2,29,30,31,32). The summed E-state index contributed by atoms with van der Waals surface area (Å²) >= 11 is 0. The lowest BCUT2D eigenvalue weighted by molar-refractivity contribution is 0.126. The lowest BCUT2D eigenvalue weighted by atomic mass is 9.93. The summed E-state index contributed by atoms with van der Waals surface area (Å²) < 4.78 is 33.8. The SMILES string of the molecule is CCn1cnc2c(Nc3ccc(N(c4ccc(OC)cc4)S(C)(=O)=O)cc3)nc(NC3CCC(O)CC3)nc21. The monoisotopic (exact) mass is 551 g/mol. The maximum absolute atomic E-state index is 12.7. The Morgan fingerprint density at radius 1 is 1.03 bits per heavy atom. The van der Waals surface area contributed by atoms with Crippen LogP contribution in [0.5, 0.6) is 5.75 Å². The van der Waals surface area contributed by atoms with Gasteiger partial charge in [-0.3, -0.25) is 0 Å². The fourth-order valence-corrected chi connectivity index (χ4v) is 5.81. The van der Waals surface area contributed by atoms with Crippen molar-refractivity contribution in [1.82, 2.24) is 19.5 Å². The van der Waals surface area contributed by atoms with Crippen LogP contribution in [0, 0.1) is 0 Å². The van der Waals surface area contributed by atoms with Gasteiger partial charge in [0.2, 0.25) is 16.0 Å². The summed E-state index contributed by atoms with van der Waals surface area (Å²) in [6.45, 7) is 2.74. The molecule has 12 heteroatoms. The van der Waals surface area contributed by atoms with Crippen LogP contribution in [0.4, 0.5) is 28.8 Å². The van der Waals surface area contributed by atoms with Crippen LogP contribution in [0.25, 0.3) is 11.2 Å². The van der Waals surface area contributed by atoms with Gasteiger partial charge in [-0.1, -0.05) is 0 Å². The highest BCUT2D eigenvalue weighted by Crippen LogP contribution is 2.32. The number of nitrogens with one attached hydrogen (secondary N) is 2. The minimum atomic E-state index is -3.60. The smallest absolute Gasteiger partial charge is 0.236 e. The molecular formula is C27H33N7O4S. The number of rotatable bonds is 9. The van der Waals surface area contributed by atoms with E-state index in [0.29, 0.717) is 46.6 Å². The van der Waals surface area contributed by atoms with E-state index in [1.165, 1.54) is 10.6 Å². The Labute approximate surface area is 227 Å². The first-order valence-corrected chi connectivity index (χ1v) is 14.8. The van der Waals surface area contributed by atoms with Crippen LogP contribution in [-0.2, 0) is 16.6 Å². The fraction of sp³-hybridized carbons (Fsp3) is 0.370. The van der Waals surface area contributed by atoms with Crippen molar-refractivity contribution in [3.05, 3.63) is 54.9 Å². The van der Waals surface area contributed by atoms with Crippen LogP contribution in [0.3, 0.4) is 0 Å². The minimum absolute atomic E-state index is 0.191. The highest BCUT2D eigenvalue weighted by Gasteiger charge is 2.22. The molecular weight excluding hydrogens is 518 g/mol. The predicted octanol–water partition coefficient (Wildman–Crippen LogP) is 4.41. The van der Waals surface area contributed by atoms with Crippen LogP contribution in [0.15, 0.2) is 54.9 Å². The summed E-state index contributed by atoms with van der Waals surface area (Å²) in [4.78, 5) is 14.0. The Bertz CT molecular complexity index is 1530. The zero-order chi connectivity index (χ0) is 27.6. The molecule has 0 aliphatic heterocycles. The van der Waals surface area contributed by atoms with Gasteiger partial charge in [-0.25, -0.2) is 17.7 Å². The van der Waals surface area contributed by atoms with Crippen LogP contribution >= 0.6 is 0 Å². The summed E-state index contributed by atoms with van der Waals surface area (Å²) in [5.74, 6) is 1.69. The largest absolute Gasteiger partial charge is 0.497 e. The number of aryl methyl sites for hydroxylation is 1. The van der Waals surface area contributed by atoms with Crippen molar-refractivity contribution in [2.24, 2.45) is 0 Å². The summed E-state index contributed by atoms with van der Waals surface area (Å²) in [7, 11) is -2.04. The number of aliphatic hydroxyl groups excluding tert-OH is 1. The summed E-state index contributed by atoms with van der Waals surface area (Å²) in [5.41, 5.74) is 3.08. The first-order valence-electron chi connectivity index (χ1n) is 12.9. The molecule has 4 aromatic rings. The van der Waals surface area contributed by atoms with E-state index in [0.717, 1.165) is 31.4 Å². The Hall–Kier alpha value is -3.90. The highest BCUT2D eigenvalue weighted by atomic mass is 32.2. The molecule has 39 heavy (non-hydrogen) atoms. The number of aromatic nitrogens is 4. The van der Waals surface area contributed by atoms with Crippen LogP contribution in [0.1, 0.15) is 32.6 Å². The van der Waals surface area contributed by atoms with Crippen molar-refractivity contribution in [3.8, 4) is 5.75 Å². The Balaban J connectivity index is 1.43. The van der Waals surface area contributed by atoms with Crippen molar-refractivity contribution in [2.45, 2.75) is 51.3 Å². The third-order valence-electron chi connectivity index (χ3n) is 6.84. The lowest BCUT2D eigenvalue weighted by Gasteiger charge is -2.26. The van der Waals surface area contributed by atoms with E-state index in [9.17, 15) is 13.5 Å². The molecule has 206 valence electrons. The van der Waals surface area contributed by atoms with Crippen LogP contribution in [-0.4, -0.2) is 58.6 Å². The number of hydrogen-bond acceptors (Lipinski definition) is 9. The third kappa shape index (κ3) is 5.91. The molecule has 1 saturated carbocycles. The quantitative estimate of drug-likeness (QED) is 0.276. The molecule has 0 atom stereocenters. The predicted molar refractivity (Wildman–Crippen MR) is 153 cm³/mol. The number of sulfonamides is 1. The topological polar surface area (TPSA) is 134 Å². The number of nitrogens with zero attached hydrogens (tertiary/aromatic N) is 5. The second-order valence-electron chi connectivity index (χ2n) is 9.65. The molecule has 0 bridgehead atoms. The molecule has 0 spiro atoms. The first kappa shape index (κ1) is 26.7. The van der Waals surface area contributed by atoms with Gasteiger partial charge >= 0.3 is 0 Å². The minimum Gasteiger partial charge on any atom is -0.497 e. The Kier molecular flexibility index (Phi) is 7.58.